The quantitative estimate of drug-likeness (QED) is 0.141. The predicted molar refractivity (Wildman–Crippen MR) is 152 cm³/mol. The zero-order valence-corrected chi connectivity index (χ0v) is 24.3. The van der Waals surface area contributed by atoms with Crippen molar-refractivity contribution in [2.75, 3.05) is 0 Å². The number of nitrogens with zero attached hydrogens (tertiary/aromatic N) is 2. The predicted octanol–water partition coefficient (Wildman–Crippen LogP) is 7.85. The molecule has 6 rings (SSSR count). The van der Waals surface area contributed by atoms with Crippen molar-refractivity contribution in [3.8, 4) is 22.5 Å². The number of pyridine rings is 2. The second-order valence-corrected chi connectivity index (χ2v) is 14.7. The van der Waals surface area contributed by atoms with Crippen LogP contribution in [0.1, 0.15) is 9.68 Å². The summed E-state index contributed by atoms with van der Waals surface area (Å²) in [6.45, 7) is 4.97. The molecule has 3 aromatic carbocycles. The molecule has 3 heterocycles. The van der Waals surface area contributed by atoms with Crippen LogP contribution in [0.25, 0.3) is 44.5 Å². The summed E-state index contributed by atoms with van der Waals surface area (Å²) in [7, 11) is -1.35. The van der Waals surface area contributed by atoms with Crippen LogP contribution in [0.3, 0.4) is 0 Å². The third kappa shape index (κ3) is 6.14. The minimum atomic E-state index is -2.09. The van der Waals surface area contributed by atoms with Gasteiger partial charge in [-0.25, -0.2) is 0 Å². The number of para-hydroxylation sites is 1. The second kappa shape index (κ2) is 11.3. The van der Waals surface area contributed by atoms with E-state index in [4.69, 9.17) is 8.53 Å². The molecular formula is C32H28IrN2OSi-2. The van der Waals surface area contributed by atoms with E-state index in [-0.39, 0.29) is 25.7 Å². The average molecular weight is 680 g/mol. The average Bonchev–Trinajstić information content (AvgIpc) is 3.31. The van der Waals surface area contributed by atoms with Gasteiger partial charge in [0, 0.05) is 41.2 Å². The number of hydrogen-bond acceptors (Lipinski definition) is 3. The van der Waals surface area contributed by atoms with Crippen molar-refractivity contribution >= 4 is 35.2 Å². The van der Waals surface area contributed by atoms with E-state index >= 15 is 0 Å². The van der Waals surface area contributed by atoms with Crippen LogP contribution in [0.4, 0.5) is 0 Å². The third-order valence-electron chi connectivity index (χ3n) is 5.96. The molecule has 0 fully saturated rings. The van der Waals surface area contributed by atoms with Crippen LogP contribution in [-0.2, 0) is 20.1 Å². The number of fused-ring (bicyclic) bond motifs is 3. The molecule has 0 bridgehead atoms. The van der Waals surface area contributed by atoms with Crippen LogP contribution >= 0.6 is 0 Å². The summed E-state index contributed by atoms with van der Waals surface area (Å²) in [5.41, 5.74) is 5.58. The standard InChI is InChI=1S/C20H18NOSi.C12H10N.Ir/c1-23(2,3)15-8-6-7-14(11-15)18-12-17-16-9-4-5-10-19(16)22-20(17)13-21-18;1-10-7-8-12(13-9-10)11-5-3-2-4-6-11;/h4-6,8-13H,1-3H3;2-5,7-9H,1H3;/q2*-1;/i;1D3;. The summed E-state index contributed by atoms with van der Waals surface area (Å²) in [5.74, 6) is 0. The molecule has 0 saturated carbocycles. The van der Waals surface area contributed by atoms with Gasteiger partial charge in [-0.3, -0.25) is 0 Å². The van der Waals surface area contributed by atoms with E-state index in [0.717, 1.165) is 44.5 Å². The first-order chi connectivity index (χ1) is 18.6. The summed E-state index contributed by atoms with van der Waals surface area (Å²) in [5, 5.41) is 3.66. The number of hydrogen-bond donors (Lipinski definition) is 0. The maximum atomic E-state index is 7.23. The van der Waals surface area contributed by atoms with Crippen LogP contribution in [0.5, 0.6) is 0 Å². The molecule has 0 aliphatic carbocycles. The first kappa shape index (κ1) is 22.8. The number of furan rings is 1. The van der Waals surface area contributed by atoms with Crippen LogP contribution in [0, 0.1) is 19.0 Å². The molecule has 6 aromatic rings. The number of aromatic nitrogens is 2. The molecule has 3 aromatic heterocycles. The van der Waals surface area contributed by atoms with Gasteiger partial charge in [0.15, 0.2) is 5.58 Å². The van der Waals surface area contributed by atoms with Crippen molar-refractivity contribution in [2.24, 2.45) is 0 Å². The molecule has 37 heavy (non-hydrogen) atoms. The van der Waals surface area contributed by atoms with Crippen molar-refractivity contribution in [1.29, 1.82) is 0 Å². The minimum absolute atomic E-state index is 0. The number of aryl methyl sites for hydroxylation is 1. The minimum Gasteiger partial charge on any atom is -0.455 e. The van der Waals surface area contributed by atoms with Gasteiger partial charge in [-0.1, -0.05) is 56.0 Å². The zero-order valence-electron chi connectivity index (χ0n) is 23.9. The fraction of sp³-hybridized carbons (Fsp3) is 0.125. The fourth-order valence-electron chi connectivity index (χ4n) is 3.97. The monoisotopic (exact) mass is 680 g/mol. The molecule has 0 unspecified atom stereocenters. The van der Waals surface area contributed by atoms with E-state index in [2.05, 4.69) is 66.0 Å². The summed E-state index contributed by atoms with van der Waals surface area (Å²) in [6.07, 6.45) is 3.21. The maximum absolute atomic E-state index is 7.23. The summed E-state index contributed by atoms with van der Waals surface area (Å²) in [6, 6.07) is 33.8. The number of rotatable bonds is 3. The van der Waals surface area contributed by atoms with Crippen molar-refractivity contribution in [1.82, 2.24) is 9.97 Å². The Morgan fingerprint density at radius 3 is 2.24 bits per heavy atom. The van der Waals surface area contributed by atoms with Gasteiger partial charge in [-0.2, -0.15) is 0 Å². The Labute approximate surface area is 237 Å². The second-order valence-electron chi connectivity index (χ2n) is 9.61. The Hall–Kier alpha value is -3.37. The molecule has 0 saturated heterocycles. The Morgan fingerprint density at radius 2 is 1.51 bits per heavy atom. The van der Waals surface area contributed by atoms with Gasteiger partial charge in [0.05, 0.1) is 14.3 Å². The van der Waals surface area contributed by atoms with Crippen LogP contribution in [-0.4, -0.2) is 18.0 Å². The van der Waals surface area contributed by atoms with Gasteiger partial charge in [0.2, 0.25) is 0 Å². The molecule has 0 atom stereocenters. The summed E-state index contributed by atoms with van der Waals surface area (Å²) in [4.78, 5) is 8.71. The van der Waals surface area contributed by atoms with E-state index in [9.17, 15) is 0 Å². The van der Waals surface area contributed by atoms with E-state index in [1.54, 1.807) is 18.2 Å². The maximum Gasteiger partial charge on any atom is 0.151 e. The Bertz CT molecular complexity index is 1730. The van der Waals surface area contributed by atoms with Crippen molar-refractivity contribution < 1.29 is 28.6 Å². The molecule has 187 valence electrons. The first-order valence-electron chi connectivity index (χ1n) is 13.3. The van der Waals surface area contributed by atoms with Gasteiger partial charge >= 0.3 is 0 Å². The first-order valence-corrected chi connectivity index (χ1v) is 15.3. The van der Waals surface area contributed by atoms with Crippen molar-refractivity contribution in [3.05, 3.63) is 115 Å². The topological polar surface area (TPSA) is 38.9 Å². The SMILES string of the molecule is C[Si](C)(C)c1cc[c-]c(-c2cc3c(cn2)oc2ccccc23)c1.[2H]C([2H])([2H])c1ccc(-c2[c-]cccc2)nc1.[Ir]. The van der Waals surface area contributed by atoms with Gasteiger partial charge < -0.3 is 14.4 Å². The smallest absolute Gasteiger partial charge is 0.151 e. The van der Waals surface area contributed by atoms with E-state index in [1.807, 2.05) is 48.7 Å². The number of benzene rings is 3. The normalized spacial score (nSPS) is 12.6. The van der Waals surface area contributed by atoms with Gasteiger partial charge in [0.25, 0.3) is 0 Å². The Balaban J connectivity index is 0.000000192. The van der Waals surface area contributed by atoms with Gasteiger partial charge in [-0.15, -0.1) is 70.9 Å². The molecule has 5 heteroatoms. The van der Waals surface area contributed by atoms with Gasteiger partial charge in [0.1, 0.15) is 5.58 Å². The zero-order chi connectivity index (χ0) is 27.6. The molecule has 0 aliphatic rings. The van der Waals surface area contributed by atoms with E-state index in [0.29, 0.717) is 0 Å². The van der Waals surface area contributed by atoms with Crippen LogP contribution < -0.4 is 5.19 Å². The summed E-state index contributed by atoms with van der Waals surface area (Å²) >= 11 is 0. The molecule has 0 aliphatic heterocycles. The van der Waals surface area contributed by atoms with Crippen molar-refractivity contribution in [2.45, 2.75) is 26.5 Å². The largest absolute Gasteiger partial charge is 0.455 e. The van der Waals surface area contributed by atoms with Gasteiger partial charge in [-0.05, 0) is 29.9 Å². The van der Waals surface area contributed by atoms with Crippen LogP contribution in [0.2, 0.25) is 19.6 Å². The molecular weight excluding hydrogens is 649 g/mol. The van der Waals surface area contributed by atoms with E-state index in [1.165, 1.54) is 11.4 Å². The van der Waals surface area contributed by atoms with E-state index < -0.39 is 14.9 Å². The fourth-order valence-corrected chi connectivity index (χ4v) is 5.13. The molecule has 1 radical (unpaired) electrons. The van der Waals surface area contributed by atoms with Crippen molar-refractivity contribution in [3.63, 3.8) is 0 Å². The molecule has 0 amide bonds. The molecule has 3 nitrogen and oxygen atoms in total. The Kier molecular flexibility index (Phi) is 6.99. The third-order valence-corrected chi connectivity index (χ3v) is 8.00. The van der Waals surface area contributed by atoms with Crippen LogP contribution in [0.15, 0.2) is 102 Å². The molecule has 0 N–H and O–H groups in total. The Morgan fingerprint density at radius 1 is 0.730 bits per heavy atom. The molecule has 0 spiro atoms. The summed E-state index contributed by atoms with van der Waals surface area (Å²) < 4.78 is 27.6.